The standard InChI is InChI=1S/C8H10N4O3/c1-4-5(15-2)7(14)12(6(4)13)8-9-3-10-11-8/h3,7,14H,1-2H3,(H,9,10,11). The first-order valence-corrected chi connectivity index (χ1v) is 4.29. The lowest BCUT2D eigenvalue weighted by Gasteiger charge is -2.18. The van der Waals surface area contributed by atoms with E-state index in [0.29, 0.717) is 5.57 Å². The van der Waals surface area contributed by atoms with E-state index in [1.54, 1.807) is 6.92 Å². The summed E-state index contributed by atoms with van der Waals surface area (Å²) in [7, 11) is 1.40. The Morgan fingerprint density at radius 3 is 2.87 bits per heavy atom. The number of aromatic nitrogens is 3. The Balaban J connectivity index is 2.37. The van der Waals surface area contributed by atoms with Gasteiger partial charge in [0.05, 0.1) is 12.7 Å². The van der Waals surface area contributed by atoms with Crippen LogP contribution in [0.2, 0.25) is 0 Å². The zero-order valence-corrected chi connectivity index (χ0v) is 8.26. The number of nitrogens with zero attached hydrogens (tertiary/aromatic N) is 3. The molecule has 0 radical (unpaired) electrons. The molecule has 7 nitrogen and oxygen atoms in total. The van der Waals surface area contributed by atoms with Crippen LogP contribution < -0.4 is 4.90 Å². The number of nitrogens with one attached hydrogen (secondary N) is 1. The second-order valence-electron chi connectivity index (χ2n) is 3.05. The highest BCUT2D eigenvalue weighted by Gasteiger charge is 2.39. The van der Waals surface area contributed by atoms with E-state index in [9.17, 15) is 9.90 Å². The first-order valence-electron chi connectivity index (χ1n) is 4.29. The van der Waals surface area contributed by atoms with Crippen molar-refractivity contribution in [1.29, 1.82) is 0 Å². The van der Waals surface area contributed by atoms with E-state index >= 15 is 0 Å². The topological polar surface area (TPSA) is 91.3 Å². The van der Waals surface area contributed by atoms with Gasteiger partial charge in [0, 0.05) is 0 Å². The zero-order chi connectivity index (χ0) is 11.0. The molecule has 0 saturated heterocycles. The molecule has 2 N–H and O–H groups in total. The summed E-state index contributed by atoms with van der Waals surface area (Å²) < 4.78 is 4.94. The lowest BCUT2D eigenvalue weighted by molar-refractivity contribution is -0.115. The van der Waals surface area contributed by atoms with Gasteiger partial charge in [-0.3, -0.25) is 4.79 Å². The summed E-state index contributed by atoms with van der Waals surface area (Å²) in [6.07, 6.45) is 0.186. The van der Waals surface area contributed by atoms with Crippen LogP contribution in [0.5, 0.6) is 0 Å². The van der Waals surface area contributed by atoms with E-state index in [1.807, 2.05) is 0 Å². The van der Waals surface area contributed by atoms with Crippen molar-refractivity contribution in [3.63, 3.8) is 0 Å². The third kappa shape index (κ3) is 1.28. The van der Waals surface area contributed by atoms with Crippen molar-refractivity contribution in [2.75, 3.05) is 12.0 Å². The Bertz CT molecular complexity index is 412. The largest absolute Gasteiger partial charge is 0.496 e. The van der Waals surface area contributed by atoms with Gasteiger partial charge in [-0.15, -0.1) is 10.2 Å². The van der Waals surface area contributed by atoms with Gasteiger partial charge in [0.2, 0.25) is 5.95 Å². The second-order valence-corrected chi connectivity index (χ2v) is 3.05. The number of amides is 1. The van der Waals surface area contributed by atoms with E-state index in [0.717, 1.165) is 4.90 Å². The number of anilines is 1. The highest BCUT2D eigenvalue weighted by atomic mass is 16.5. The van der Waals surface area contributed by atoms with Crippen molar-refractivity contribution >= 4 is 11.9 Å². The molecule has 1 atom stereocenters. The minimum Gasteiger partial charge on any atom is -0.496 e. The Labute approximate surface area is 85.4 Å². The number of ether oxygens (including phenoxy) is 1. The van der Waals surface area contributed by atoms with Crippen LogP contribution >= 0.6 is 0 Å². The Morgan fingerprint density at radius 2 is 2.40 bits per heavy atom. The van der Waals surface area contributed by atoms with Crippen LogP contribution in [0.3, 0.4) is 0 Å². The number of aliphatic hydroxyl groups excluding tert-OH is 1. The van der Waals surface area contributed by atoms with Crippen molar-refractivity contribution in [1.82, 2.24) is 15.2 Å². The summed E-state index contributed by atoms with van der Waals surface area (Å²) >= 11 is 0. The smallest absolute Gasteiger partial charge is 0.262 e. The van der Waals surface area contributed by atoms with E-state index < -0.39 is 6.23 Å². The summed E-state index contributed by atoms with van der Waals surface area (Å²) in [5.41, 5.74) is 0.362. The van der Waals surface area contributed by atoms with Crippen LogP contribution in [0.15, 0.2) is 17.7 Å². The zero-order valence-electron chi connectivity index (χ0n) is 8.26. The molecular weight excluding hydrogens is 200 g/mol. The van der Waals surface area contributed by atoms with Crippen LogP contribution in [0.25, 0.3) is 0 Å². The molecule has 0 bridgehead atoms. The quantitative estimate of drug-likeness (QED) is 0.679. The number of carbonyl (C=O) groups excluding carboxylic acids is 1. The maximum Gasteiger partial charge on any atom is 0.262 e. The highest BCUT2D eigenvalue weighted by Crippen LogP contribution is 2.27. The maximum atomic E-state index is 11.7. The summed E-state index contributed by atoms with van der Waals surface area (Å²) in [4.78, 5) is 15.5. The number of aromatic amines is 1. The molecule has 1 aromatic heterocycles. The normalized spacial score (nSPS) is 21.4. The van der Waals surface area contributed by atoms with E-state index in [2.05, 4.69) is 15.2 Å². The predicted molar refractivity (Wildman–Crippen MR) is 49.6 cm³/mol. The van der Waals surface area contributed by atoms with E-state index in [-0.39, 0.29) is 17.6 Å². The average molecular weight is 210 g/mol. The van der Waals surface area contributed by atoms with Crippen molar-refractivity contribution in [2.24, 2.45) is 0 Å². The molecule has 0 saturated carbocycles. The van der Waals surface area contributed by atoms with Gasteiger partial charge in [-0.2, -0.15) is 0 Å². The fourth-order valence-electron chi connectivity index (χ4n) is 1.50. The van der Waals surface area contributed by atoms with Crippen LogP contribution in [0, 0.1) is 0 Å². The van der Waals surface area contributed by atoms with Crippen molar-refractivity contribution in [2.45, 2.75) is 13.2 Å². The lowest BCUT2D eigenvalue weighted by Crippen LogP contribution is -2.36. The fourth-order valence-corrected chi connectivity index (χ4v) is 1.50. The van der Waals surface area contributed by atoms with Crippen LogP contribution in [0.1, 0.15) is 6.92 Å². The minimum absolute atomic E-state index is 0.193. The molecule has 0 spiro atoms. The first-order chi connectivity index (χ1) is 7.16. The molecule has 80 valence electrons. The molecule has 0 aromatic carbocycles. The molecule has 1 unspecified atom stereocenters. The molecule has 2 heterocycles. The number of hydrogen-bond donors (Lipinski definition) is 2. The molecule has 1 aliphatic heterocycles. The van der Waals surface area contributed by atoms with Crippen LogP contribution in [-0.4, -0.2) is 39.5 Å². The molecule has 0 fully saturated rings. The summed E-state index contributed by atoms with van der Waals surface area (Å²) in [5, 5.41) is 17.0. The Morgan fingerprint density at radius 1 is 1.67 bits per heavy atom. The van der Waals surface area contributed by atoms with E-state index in [4.69, 9.17) is 4.74 Å². The Hall–Kier alpha value is -1.89. The lowest BCUT2D eigenvalue weighted by atomic mass is 10.3. The van der Waals surface area contributed by atoms with Crippen LogP contribution in [0.4, 0.5) is 5.95 Å². The van der Waals surface area contributed by atoms with Crippen molar-refractivity contribution < 1.29 is 14.6 Å². The third-order valence-corrected chi connectivity index (χ3v) is 2.24. The molecule has 15 heavy (non-hydrogen) atoms. The van der Waals surface area contributed by atoms with E-state index in [1.165, 1.54) is 13.4 Å². The average Bonchev–Trinajstić information content (AvgIpc) is 2.77. The number of rotatable bonds is 2. The van der Waals surface area contributed by atoms with Gasteiger partial charge >= 0.3 is 0 Å². The fraction of sp³-hybridized carbons (Fsp3) is 0.375. The SMILES string of the molecule is COC1=C(C)C(=O)N(c2nnc[nH]2)C1O. The number of hydrogen-bond acceptors (Lipinski definition) is 5. The van der Waals surface area contributed by atoms with Gasteiger partial charge in [0.1, 0.15) is 6.33 Å². The molecule has 0 aliphatic carbocycles. The summed E-state index contributed by atoms with van der Waals surface area (Å²) in [5.74, 6) is 0.0754. The van der Waals surface area contributed by atoms with Gasteiger partial charge in [-0.05, 0) is 6.92 Å². The van der Waals surface area contributed by atoms with Gasteiger partial charge in [0.25, 0.3) is 5.91 Å². The summed E-state index contributed by atoms with van der Waals surface area (Å²) in [6, 6.07) is 0. The highest BCUT2D eigenvalue weighted by molar-refractivity contribution is 6.08. The number of H-pyrrole nitrogens is 1. The van der Waals surface area contributed by atoms with Gasteiger partial charge in [0.15, 0.2) is 12.0 Å². The first kappa shape index (κ1) is 9.66. The van der Waals surface area contributed by atoms with Gasteiger partial charge in [-0.1, -0.05) is 0 Å². The Kier molecular flexibility index (Phi) is 2.16. The molecule has 1 aliphatic rings. The number of methoxy groups -OCH3 is 1. The molecule has 2 rings (SSSR count). The molecule has 1 aromatic rings. The minimum atomic E-state index is -1.14. The molecular formula is C8H10N4O3. The molecule has 1 amide bonds. The van der Waals surface area contributed by atoms with Crippen LogP contribution in [-0.2, 0) is 9.53 Å². The van der Waals surface area contributed by atoms with Crippen molar-refractivity contribution in [3.05, 3.63) is 17.7 Å². The predicted octanol–water partition coefficient (Wildman–Crippen LogP) is -0.610. The monoisotopic (exact) mass is 210 g/mol. The molecule has 7 heteroatoms. The van der Waals surface area contributed by atoms with Gasteiger partial charge in [-0.25, -0.2) is 4.90 Å². The number of carbonyl (C=O) groups is 1. The number of aliphatic hydroxyl groups is 1. The maximum absolute atomic E-state index is 11.7. The summed E-state index contributed by atoms with van der Waals surface area (Å²) in [6.45, 7) is 1.58. The van der Waals surface area contributed by atoms with Crippen molar-refractivity contribution in [3.8, 4) is 0 Å². The second kappa shape index (κ2) is 3.35. The van der Waals surface area contributed by atoms with Gasteiger partial charge < -0.3 is 14.8 Å². The third-order valence-electron chi connectivity index (χ3n) is 2.24.